The predicted octanol–water partition coefficient (Wildman–Crippen LogP) is 0.313. The molecule has 1 aromatic carbocycles. The lowest BCUT2D eigenvalue weighted by Crippen LogP contribution is -2.27. The Balaban J connectivity index is 3.52. The Kier molecular flexibility index (Phi) is 4.04. The number of sulfonamides is 1. The molecule has 0 heterocycles. The Bertz CT molecular complexity index is 650. The van der Waals surface area contributed by atoms with Crippen molar-refractivity contribution in [2.75, 3.05) is 25.6 Å². The maximum atomic E-state index is 12.1. The van der Waals surface area contributed by atoms with Crippen LogP contribution in [-0.4, -0.2) is 41.0 Å². The molecule has 0 bridgehead atoms. The molecule has 1 aromatic rings. The lowest BCUT2D eigenvalue weighted by atomic mass is 10.3. The van der Waals surface area contributed by atoms with Gasteiger partial charge in [-0.25, -0.2) is 21.1 Å². The van der Waals surface area contributed by atoms with Crippen molar-refractivity contribution in [3.05, 3.63) is 18.2 Å². The topological polar surface area (TPSA) is 97.5 Å². The van der Waals surface area contributed by atoms with Crippen molar-refractivity contribution < 1.29 is 16.8 Å². The van der Waals surface area contributed by atoms with E-state index >= 15 is 0 Å². The number of sulfone groups is 1. The summed E-state index contributed by atoms with van der Waals surface area (Å²) >= 11 is 0. The third-order valence-corrected chi connectivity index (χ3v) is 5.65. The molecular weight excluding hydrogens is 276 g/mol. The second-order valence-corrected chi connectivity index (χ2v) is 7.92. The molecule has 8 heteroatoms. The van der Waals surface area contributed by atoms with E-state index in [1.54, 1.807) is 6.92 Å². The average molecular weight is 292 g/mol. The number of hydrogen-bond acceptors (Lipinski definition) is 5. The normalized spacial score (nSPS) is 12.9. The van der Waals surface area contributed by atoms with E-state index in [1.165, 1.54) is 19.2 Å². The van der Waals surface area contributed by atoms with Crippen LogP contribution >= 0.6 is 0 Å². The number of rotatable bonds is 4. The molecule has 0 atom stereocenters. The Morgan fingerprint density at radius 1 is 1.22 bits per heavy atom. The molecule has 0 saturated carbocycles. The number of nitrogen functional groups attached to an aromatic ring is 1. The summed E-state index contributed by atoms with van der Waals surface area (Å²) in [6, 6.07) is 3.66. The smallest absolute Gasteiger partial charge is 0.244 e. The first-order valence-corrected chi connectivity index (χ1v) is 8.49. The molecule has 18 heavy (non-hydrogen) atoms. The van der Waals surface area contributed by atoms with Gasteiger partial charge in [0.1, 0.15) is 4.90 Å². The van der Waals surface area contributed by atoms with E-state index in [4.69, 9.17) is 5.73 Å². The van der Waals surface area contributed by atoms with Crippen LogP contribution in [0, 0.1) is 0 Å². The SMILES string of the molecule is CCN(C)S(=O)(=O)c1cc(S(C)(=O)=O)ccc1N. The Labute approximate surface area is 107 Å². The zero-order valence-corrected chi connectivity index (χ0v) is 12.0. The van der Waals surface area contributed by atoms with Crippen LogP contribution in [0.2, 0.25) is 0 Å². The fourth-order valence-electron chi connectivity index (χ4n) is 1.31. The van der Waals surface area contributed by atoms with Gasteiger partial charge in [0.15, 0.2) is 9.84 Å². The van der Waals surface area contributed by atoms with Gasteiger partial charge in [0.2, 0.25) is 10.0 Å². The molecule has 0 saturated heterocycles. The van der Waals surface area contributed by atoms with Crippen LogP contribution in [0.3, 0.4) is 0 Å². The van der Waals surface area contributed by atoms with Crippen molar-refractivity contribution in [1.29, 1.82) is 0 Å². The Morgan fingerprint density at radius 2 is 1.78 bits per heavy atom. The van der Waals surface area contributed by atoms with Gasteiger partial charge in [-0.2, -0.15) is 0 Å². The molecule has 1 rings (SSSR count). The molecule has 0 aliphatic rings. The summed E-state index contributed by atoms with van der Waals surface area (Å²) in [5, 5.41) is 0. The highest BCUT2D eigenvalue weighted by molar-refractivity contribution is 7.91. The van der Waals surface area contributed by atoms with Gasteiger partial charge in [0.05, 0.1) is 10.6 Å². The highest BCUT2D eigenvalue weighted by Gasteiger charge is 2.23. The quantitative estimate of drug-likeness (QED) is 0.806. The van der Waals surface area contributed by atoms with Gasteiger partial charge < -0.3 is 5.73 Å². The lowest BCUT2D eigenvalue weighted by molar-refractivity contribution is 0.486. The van der Waals surface area contributed by atoms with Crippen molar-refractivity contribution >= 4 is 25.5 Å². The van der Waals surface area contributed by atoms with Crippen molar-refractivity contribution in [1.82, 2.24) is 4.31 Å². The van der Waals surface area contributed by atoms with E-state index in [2.05, 4.69) is 0 Å². The summed E-state index contributed by atoms with van der Waals surface area (Å²) in [7, 11) is -5.83. The van der Waals surface area contributed by atoms with Crippen LogP contribution in [0.15, 0.2) is 28.0 Å². The van der Waals surface area contributed by atoms with Crippen LogP contribution in [0.5, 0.6) is 0 Å². The van der Waals surface area contributed by atoms with Gasteiger partial charge in [-0.1, -0.05) is 6.92 Å². The minimum absolute atomic E-state index is 0.0303. The van der Waals surface area contributed by atoms with Crippen molar-refractivity contribution in [2.24, 2.45) is 0 Å². The van der Waals surface area contributed by atoms with Crippen molar-refractivity contribution in [2.45, 2.75) is 16.7 Å². The van der Waals surface area contributed by atoms with E-state index in [0.29, 0.717) is 0 Å². The Hall–Kier alpha value is -1.12. The molecule has 102 valence electrons. The molecule has 0 radical (unpaired) electrons. The molecule has 0 aliphatic carbocycles. The van der Waals surface area contributed by atoms with Crippen molar-refractivity contribution in [3.63, 3.8) is 0 Å². The zero-order chi connectivity index (χ0) is 14.1. The molecule has 0 spiro atoms. The fourth-order valence-corrected chi connectivity index (χ4v) is 3.35. The molecule has 0 aliphatic heterocycles. The first kappa shape index (κ1) is 14.9. The fraction of sp³-hybridized carbons (Fsp3) is 0.400. The van der Waals surface area contributed by atoms with Crippen LogP contribution in [0.1, 0.15) is 6.92 Å². The minimum atomic E-state index is -3.76. The van der Waals surface area contributed by atoms with E-state index in [1.807, 2.05) is 0 Å². The molecule has 0 aromatic heterocycles. The lowest BCUT2D eigenvalue weighted by Gasteiger charge is -2.16. The van der Waals surface area contributed by atoms with E-state index < -0.39 is 19.9 Å². The number of nitrogens with two attached hydrogens (primary N) is 1. The summed E-state index contributed by atoms with van der Waals surface area (Å²) in [4.78, 5) is -0.255. The van der Waals surface area contributed by atoms with Gasteiger partial charge in [0.25, 0.3) is 0 Å². The highest BCUT2D eigenvalue weighted by atomic mass is 32.2. The standard InChI is InChI=1S/C10H16N2O4S2/c1-4-12(2)18(15,16)10-7-8(17(3,13)14)5-6-9(10)11/h5-7H,4,11H2,1-3H3. The highest BCUT2D eigenvalue weighted by Crippen LogP contribution is 2.24. The van der Waals surface area contributed by atoms with E-state index in [-0.39, 0.29) is 22.0 Å². The monoisotopic (exact) mass is 292 g/mol. The molecular formula is C10H16N2O4S2. The van der Waals surface area contributed by atoms with Crippen LogP contribution in [0.25, 0.3) is 0 Å². The maximum Gasteiger partial charge on any atom is 0.244 e. The second-order valence-electron chi connectivity index (χ2n) is 3.89. The average Bonchev–Trinajstić information content (AvgIpc) is 2.26. The largest absolute Gasteiger partial charge is 0.398 e. The van der Waals surface area contributed by atoms with Crippen LogP contribution < -0.4 is 5.73 Å². The summed E-state index contributed by atoms with van der Waals surface area (Å²) in [5.41, 5.74) is 5.64. The van der Waals surface area contributed by atoms with Crippen LogP contribution in [-0.2, 0) is 19.9 Å². The molecule has 0 unspecified atom stereocenters. The number of hydrogen-bond donors (Lipinski definition) is 1. The maximum absolute atomic E-state index is 12.1. The zero-order valence-electron chi connectivity index (χ0n) is 10.4. The summed E-state index contributed by atoms with van der Waals surface area (Å²) in [6.45, 7) is 1.94. The van der Waals surface area contributed by atoms with E-state index in [9.17, 15) is 16.8 Å². The number of nitrogens with zero attached hydrogens (tertiary/aromatic N) is 1. The van der Waals surface area contributed by atoms with Gasteiger partial charge in [-0.15, -0.1) is 0 Å². The molecule has 0 amide bonds. The third-order valence-electron chi connectivity index (χ3n) is 2.55. The number of benzene rings is 1. The summed E-state index contributed by atoms with van der Waals surface area (Å²) in [5.74, 6) is 0. The van der Waals surface area contributed by atoms with Crippen molar-refractivity contribution in [3.8, 4) is 0 Å². The molecule has 6 nitrogen and oxygen atoms in total. The van der Waals surface area contributed by atoms with Gasteiger partial charge in [-0.05, 0) is 18.2 Å². The van der Waals surface area contributed by atoms with Gasteiger partial charge >= 0.3 is 0 Å². The third kappa shape index (κ3) is 2.82. The minimum Gasteiger partial charge on any atom is -0.398 e. The number of anilines is 1. The first-order valence-electron chi connectivity index (χ1n) is 5.16. The second kappa shape index (κ2) is 4.87. The van der Waals surface area contributed by atoms with Gasteiger partial charge in [0, 0.05) is 19.8 Å². The summed E-state index contributed by atoms with van der Waals surface area (Å²) in [6.07, 6.45) is 1.01. The Morgan fingerprint density at radius 3 is 2.22 bits per heavy atom. The van der Waals surface area contributed by atoms with Crippen LogP contribution in [0.4, 0.5) is 5.69 Å². The molecule has 0 fully saturated rings. The summed E-state index contributed by atoms with van der Waals surface area (Å²) < 4.78 is 48.2. The van der Waals surface area contributed by atoms with E-state index in [0.717, 1.165) is 16.6 Å². The molecule has 2 N–H and O–H groups in total. The first-order chi connectivity index (χ1) is 8.10. The van der Waals surface area contributed by atoms with Gasteiger partial charge in [-0.3, -0.25) is 0 Å². The predicted molar refractivity (Wildman–Crippen MR) is 69.5 cm³/mol.